The van der Waals surface area contributed by atoms with Crippen LogP contribution in [0, 0.1) is 11.8 Å². The van der Waals surface area contributed by atoms with Gasteiger partial charge in [0.2, 0.25) is 59.1 Å². The molecule has 1 saturated heterocycles. The molecule has 1 aromatic rings. The number of likely N-dealkylation sites (tertiary alicyclic amines) is 1. The molecule has 0 unspecified atom stereocenters. The van der Waals surface area contributed by atoms with Crippen LogP contribution in [0.15, 0.2) is 24.3 Å². The number of phenolic OH excluding ortho intramolecular Hbond substituents is 1. The van der Waals surface area contributed by atoms with E-state index in [0.717, 1.165) is 0 Å². The molecular formula is C49H75N11O18S. The van der Waals surface area contributed by atoms with E-state index in [4.69, 9.17) is 11.5 Å². The summed E-state index contributed by atoms with van der Waals surface area (Å²) in [6.07, 6.45) is -3.21. The summed E-state index contributed by atoms with van der Waals surface area (Å²) < 4.78 is 0. The minimum absolute atomic E-state index is 0.0345. The lowest BCUT2D eigenvalue weighted by Gasteiger charge is -2.32. The van der Waals surface area contributed by atoms with Gasteiger partial charge in [0, 0.05) is 38.0 Å². The summed E-state index contributed by atoms with van der Waals surface area (Å²) in [6, 6.07) is -8.52. The number of nitrogens with zero attached hydrogens (tertiary/aromatic N) is 1. The maximum absolute atomic E-state index is 14.1. The summed E-state index contributed by atoms with van der Waals surface area (Å²) in [5.74, 6) is -15.1. The second-order valence-electron chi connectivity index (χ2n) is 19.4. The molecule has 2 rings (SSSR count). The van der Waals surface area contributed by atoms with Gasteiger partial charge >= 0.3 is 17.9 Å². The van der Waals surface area contributed by atoms with Crippen molar-refractivity contribution >= 4 is 89.6 Å². The lowest BCUT2D eigenvalue weighted by Crippen LogP contribution is -2.61. The van der Waals surface area contributed by atoms with Crippen molar-refractivity contribution in [3.63, 3.8) is 0 Å². The van der Waals surface area contributed by atoms with Crippen LogP contribution < -0.4 is 54.0 Å². The molecule has 0 saturated carbocycles. The zero-order valence-corrected chi connectivity index (χ0v) is 45.3. The Morgan fingerprint density at radius 1 is 0.671 bits per heavy atom. The number of carbonyl (C=O) groups excluding carboxylic acids is 10. The predicted molar refractivity (Wildman–Crippen MR) is 281 cm³/mol. The number of nitrogens with two attached hydrogens (primary N) is 2. The molecule has 0 radical (unpaired) electrons. The summed E-state index contributed by atoms with van der Waals surface area (Å²) in [5.41, 5.74) is 11.6. The van der Waals surface area contributed by atoms with E-state index in [1.165, 1.54) is 29.2 Å². The molecule has 30 heteroatoms. The van der Waals surface area contributed by atoms with Gasteiger partial charge in [0.05, 0.1) is 19.2 Å². The number of carboxylic acids is 3. The van der Waals surface area contributed by atoms with Crippen LogP contribution in [0.2, 0.25) is 0 Å². The molecular weight excluding hydrogens is 1060 g/mol. The van der Waals surface area contributed by atoms with Crippen LogP contribution in [0.5, 0.6) is 5.75 Å². The van der Waals surface area contributed by atoms with Crippen LogP contribution in [0.25, 0.3) is 0 Å². The number of amides is 10. The molecule has 1 aliphatic heterocycles. The number of carboxylic acid groups (broad SMARTS) is 3. The van der Waals surface area contributed by atoms with Gasteiger partial charge in [-0.25, -0.2) is 4.79 Å². The summed E-state index contributed by atoms with van der Waals surface area (Å²) >= 11 is 3.86. The standard InChI is InChI=1S/C49H75N11O18S/c1-5-25(4)40(59-37(64)21-52-41(69)28(50)19-24(2)3)48(76)60-18-6-7-35(60)47(75)55-31(14-17-39(67)68)43(71)53-29(12-15-36(51)63)42(70)54-30(13-16-38(65)66)44(72)56-32(20-26-8-10-27(62)11-9-26)45(73)57-33(22-61)46(74)58-34(23-79)49(77)78/h8-11,24-25,28-35,40,61-62,79H,5-7,12-23,50H2,1-4H3,(H2,51,63)(H,52,69)(H,53,71)(H,54,70)(H,55,75)(H,56,72)(H,57,73)(H,58,74)(H,59,64)(H,65,66)(H,67,68)(H,77,78)/t25-,28-,29-,30-,31-,32-,33-,34-,35-,40-/m0/s1. The third kappa shape index (κ3) is 23.5. The van der Waals surface area contributed by atoms with E-state index in [1.807, 2.05) is 13.8 Å². The quantitative estimate of drug-likeness (QED) is 0.0287. The fourth-order valence-corrected chi connectivity index (χ4v) is 8.26. The number of hydrogen-bond donors (Lipinski definition) is 16. The van der Waals surface area contributed by atoms with Crippen molar-refractivity contribution in [2.45, 2.75) is 153 Å². The Morgan fingerprint density at radius 2 is 1.15 bits per heavy atom. The summed E-state index contributed by atoms with van der Waals surface area (Å²) in [7, 11) is 0. The number of aliphatic hydroxyl groups is 1. The van der Waals surface area contributed by atoms with Crippen molar-refractivity contribution < 1.29 is 87.9 Å². The Morgan fingerprint density at radius 3 is 1.63 bits per heavy atom. The minimum Gasteiger partial charge on any atom is -0.508 e. The molecule has 1 aliphatic rings. The Kier molecular flexibility index (Phi) is 28.7. The van der Waals surface area contributed by atoms with Gasteiger partial charge in [0.1, 0.15) is 54.1 Å². The molecule has 1 heterocycles. The van der Waals surface area contributed by atoms with Gasteiger partial charge in [0.25, 0.3) is 0 Å². The van der Waals surface area contributed by atoms with Gasteiger partial charge in [-0.1, -0.05) is 46.2 Å². The SMILES string of the molecule is CC[C@H](C)[C@H](NC(=O)CNC(=O)[C@@H](N)CC(C)C)C(=O)N1CCC[C@H]1C(=O)N[C@@H](CCC(=O)O)C(=O)N[C@@H](CCC(N)=O)C(=O)N[C@@H](CCC(=O)O)C(=O)N[C@@H](Cc1ccc(O)cc1)C(=O)N[C@@H](CO)C(=O)N[C@@H](CS)C(=O)O. The zero-order chi connectivity index (χ0) is 59.7. The van der Waals surface area contributed by atoms with Crippen LogP contribution in [-0.2, 0) is 68.7 Å². The lowest BCUT2D eigenvalue weighted by atomic mass is 9.97. The molecule has 0 bridgehead atoms. The number of thiol groups is 1. The molecule has 0 aliphatic carbocycles. The Bertz CT molecular complexity index is 2340. The first-order valence-electron chi connectivity index (χ1n) is 25.5. The monoisotopic (exact) mass is 1140 g/mol. The fourth-order valence-electron chi connectivity index (χ4n) is 8.02. The van der Waals surface area contributed by atoms with Gasteiger partial charge in [-0.2, -0.15) is 12.6 Å². The molecule has 0 aromatic heterocycles. The van der Waals surface area contributed by atoms with Crippen molar-refractivity contribution in [3.8, 4) is 5.75 Å². The number of primary amides is 1. The van der Waals surface area contributed by atoms with Crippen molar-refractivity contribution in [1.29, 1.82) is 0 Å². The molecule has 79 heavy (non-hydrogen) atoms. The highest BCUT2D eigenvalue weighted by Crippen LogP contribution is 2.22. The number of phenols is 1. The minimum atomic E-state index is -1.85. The van der Waals surface area contributed by atoms with Crippen LogP contribution >= 0.6 is 12.6 Å². The van der Waals surface area contributed by atoms with Crippen LogP contribution in [0.3, 0.4) is 0 Å². The molecule has 10 amide bonds. The number of nitrogens with one attached hydrogen (secondary N) is 8. The van der Waals surface area contributed by atoms with E-state index >= 15 is 0 Å². The predicted octanol–water partition coefficient (Wildman–Crippen LogP) is -4.14. The highest BCUT2D eigenvalue weighted by molar-refractivity contribution is 7.80. The van der Waals surface area contributed by atoms with Crippen molar-refractivity contribution in [2.75, 3.05) is 25.4 Å². The van der Waals surface area contributed by atoms with Crippen molar-refractivity contribution in [1.82, 2.24) is 47.4 Å². The highest BCUT2D eigenvalue weighted by atomic mass is 32.1. The van der Waals surface area contributed by atoms with Crippen molar-refractivity contribution in [2.24, 2.45) is 23.3 Å². The highest BCUT2D eigenvalue weighted by Gasteiger charge is 2.41. The van der Waals surface area contributed by atoms with Gasteiger partial charge in [-0.05, 0) is 68.1 Å². The van der Waals surface area contributed by atoms with Gasteiger partial charge in [0.15, 0.2) is 0 Å². The topological polar surface area (TPSA) is 475 Å². The van der Waals surface area contributed by atoms with E-state index in [-0.39, 0.29) is 30.4 Å². The van der Waals surface area contributed by atoms with Crippen LogP contribution in [-0.4, -0.2) is 187 Å². The molecule has 440 valence electrons. The van der Waals surface area contributed by atoms with E-state index in [1.54, 1.807) is 13.8 Å². The van der Waals surface area contributed by atoms with E-state index in [0.29, 0.717) is 24.8 Å². The number of hydrogen-bond acceptors (Lipinski definition) is 17. The molecule has 29 nitrogen and oxygen atoms in total. The second-order valence-corrected chi connectivity index (χ2v) is 19.8. The van der Waals surface area contributed by atoms with E-state index < -0.39 is 195 Å². The molecule has 1 aromatic carbocycles. The molecule has 17 N–H and O–H groups in total. The molecule has 10 atom stereocenters. The fraction of sp³-hybridized carbons (Fsp3) is 0.612. The van der Waals surface area contributed by atoms with E-state index in [9.17, 15) is 87.9 Å². The summed E-state index contributed by atoms with van der Waals surface area (Å²) in [5, 5.41) is 67.1. The molecule has 1 fully saturated rings. The number of carbonyl (C=O) groups is 13. The molecule has 0 spiro atoms. The Balaban J connectivity index is 2.44. The Labute approximate surface area is 460 Å². The lowest BCUT2D eigenvalue weighted by molar-refractivity contribution is -0.143. The summed E-state index contributed by atoms with van der Waals surface area (Å²) in [6.45, 7) is 5.65. The van der Waals surface area contributed by atoms with Crippen LogP contribution in [0.1, 0.15) is 97.5 Å². The third-order valence-corrected chi connectivity index (χ3v) is 13.0. The normalized spacial score (nSPS) is 16.4. The van der Waals surface area contributed by atoms with Crippen LogP contribution in [0.4, 0.5) is 0 Å². The second kappa shape index (κ2) is 33.6. The number of rotatable bonds is 35. The maximum atomic E-state index is 14.1. The third-order valence-electron chi connectivity index (χ3n) is 12.6. The number of benzene rings is 1. The number of aliphatic hydroxyl groups excluding tert-OH is 1. The maximum Gasteiger partial charge on any atom is 0.327 e. The number of aromatic hydroxyl groups is 1. The number of aliphatic carboxylic acids is 3. The van der Waals surface area contributed by atoms with E-state index in [2.05, 4.69) is 55.2 Å². The first kappa shape index (κ1) is 67.5. The largest absolute Gasteiger partial charge is 0.508 e. The Hall–Kier alpha value is -7.60. The average molecular weight is 1140 g/mol. The first-order valence-corrected chi connectivity index (χ1v) is 26.1. The summed E-state index contributed by atoms with van der Waals surface area (Å²) in [4.78, 5) is 171. The zero-order valence-electron chi connectivity index (χ0n) is 44.4. The smallest absolute Gasteiger partial charge is 0.327 e. The average Bonchev–Trinajstić information content (AvgIpc) is 3.90. The first-order chi connectivity index (χ1) is 37.1. The van der Waals surface area contributed by atoms with Gasteiger partial charge < -0.3 is 84.4 Å². The van der Waals surface area contributed by atoms with Crippen molar-refractivity contribution in [3.05, 3.63) is 29.8 Å². The van der Waals surface area contributed by atoms with Gasteiger partial charge in [-0.15, -0.1) is 0 Å². The van der Waals surface area contributed by atoms with Gasteiger partial charge in [-0.3, -0.25) is 57.5 Å².